The van der Waals surface area contributed by atoms with E-state index in [-0.39, 0.29) is 17.6 Å². The molecule has 9 nitrogen and oxygen atoms in total. The molecule has 1 aliphatic heterocycles. The SMILES string of the molecule is Cc1cc(Nc2ncc3c(=O)n(C4CC4)n(-c4cc(F)c(=O)n(C(C)C)c4)c3n2)ccc1C1CCN(C)CC1. The monoisotopic (exact) mass is 531 g/mol. The Morgan fingerprint density at radius 2 is 1.79 bits per heavy atom. The Balaban J connectivity index is 1.40. The van der Waals surface area contributed by atoms with Crippen molar-refractivity contribution in [1.82, 2.24) is 28.8 Å². The maximum atomic E-state index is 14.8. The lowest BCUT2D eigenvalue weighted by atomic mass is 9.87. The Morgan fingerprint density at radius 3 is 2.46 bits per heavy atom. The topological polar surface area (TPSA) is 90.0 Å². The largest absolute Gasteiger partial charge is 0.324 e. The summed E-state index contributed by atoms with van der Waals surface area (Å²) < 4.78 is 19.3. The van der Waals surface area contributed by atoms with Crippen LogP contribution in [0.4, 0.5) is 16.0 Å². The number of aromatic nitrogens is 5. The standard InChI is InChI=1S/C29H34FN7O2/c1-17(2)35-16-22(14-25(30)28(35)39)36-26-24(27(38)37(36)21-6-7-21)15-31-29(33-26)32-20-5-8-23(18(3)13-20)19-9-11-34(4)12-10-19/h5,8,13-17,19,21H,6-7,9-12H2,1-4H3,(H,31,32,33). The molecule has 2 aliphatic rings. The fourth-order valence-corrected chi connectivity index (χ4v) is 5.67. The molecule has 0 spiro atoms. The Kier molecular flexibility index (Phi) is 6.37. The van der Waals surface area contributed by atoms with Crippen LogP contribution in [0.15, 0.2) is 46.2 Å². The summed E-state index contributed by atoms with van der Waals surface area (Å²) in [6, 6.07) is 7.27. The summed E-state index contributed by atoms with van der Waals surface area (Å²) in [5, 5.41) is 3.64. The van der Waals surface area contributed by atoms with E-state index in [1.54, 1.807) is 15.6 Å². The van der Waals surface area contributed by atoms with Crippen LogP contribution in [0.5, 0.6) is 0 Å². The predicted octanol–water partition coefficient (Wildman–Crippen LogP) is 4.66. The Morgan fingerprint density at radius 1 is 1.05 bits per heavy atom. The van der Waals surface area contributed by atoms with Gasteiger partial charge in [0.1, 0.15) is 5.39 Å². The molecule has 1 N–H and O–H groups in total. The molecule has 0 radical (unpaired) electrons. The molecule has 4 aromatic rings. The van der Waals surface area contributed by atoms with Gasteiger partial charge in [-0.3, -0.25) is 9.59 Å². The normalized spacial score (nSPS) is 16.9. The van der Waals surface area contributed by atoms with Gasteiger partial charge in [-0.2, -0.15) is 4.98 Å². The summed E-state index contributed by atoms with van der Waals surface area (Å²) in [4.78, 5) is 37.3. The van der Waals surface area contributed by atoms with E-state index in [1.807, 2.05) is 19.9 Å². The molecule has 6 rings (SSSR count). The Labute approximate surface area is 225 Å². The number of piperidine rings is 1. The molecule has 1 aromatic carbocycles. The first-order valence-electron chi connectivity index (χ1n) is 13.7. The van der Waals surface area contributed by atoms with Gasteiger partial charge in [0.05, 0.1) is 11.7 Å². The number of hydrogen-bond acceptors (Lipinski definition) is 6. The van der Waals surface area contributed by atoms with Crippen molar-refractivity contribution in [2.24, 2.45) is 0 Å². The van der Waals surface area contributed by atoms with Crippen molar-refractivity contribution >= 4 is 22.7 Å². The van der Waals surface area contributed by atoms with Gasteiger partial charge < -0.3 is 14.8 Å². The van der Waals surface area contributed by atoms with Gasteiger partial charge in [0.25, 0.3) is 11.1 Å². The van der Waals surface area contributed by atoms with Crippen molar-refractivity contribution in [2.45, 2.75) is 64.5 Å². The number of anilines is 2. The number of benzene rings is 1. The number of likely N-dealkylation sites (tertiary alicyclic amines) is 1. The van der Waals surface area contributed by atoms with Gasteiger partial charge in [0.15, 0.2) is 11.5 Å². The van der Waals surface area contributed by atoms with E-state index in [9.17, 15) is 14.0 Å². The van der Waals surface area contributed by atoms with Gasteiger partial charge in [-0.1, -0.05) is 6.07 Å². The van der Waals surface area contributed by atoms with Crippen LogP contribution in [0.3, 0.4) is 0 Å². The Hall–Kier alpha value is -3.79. The van der Waals surface area contributed by atoms with Crippen molar-refractivity contribution in [1.29, 1.82) is 0 Å². The molecule has 1 saturated heterocycles. The third-order valence-electron chi connectivity index (χ3n) is 7.99. The number of pyridine rings is 1. The van der Waals surface area contributed by atoms with Crippen LogP contribution in [-0.2, 0) is 0 Å². The molecule has 4 heterocycles. The first-order chi connectivity index (χ1) is 18.7. The zero-order valence-corrected chi connectivity index (χ0v) is 22.8. The molecule has 1 aliphatic carbocycles. The third-order valence-corrected chi connectivity index (χ3v) is 7.99. The second kappa shape index (κ2) is 9.75. The summed E-state index contributed by atoms with van der Waals surface area (Å²) in [6.07, 6.45) is 7.13. The molecule has 0 unspecified atom stereocenters. The number of fused-ring (bicyclic) bond motifs is 1. The lowest BCUT2D eigenvalue weighted by Crippen LogP contribution is -2.29. The number of nitrogens with zero attached hydrogens (tertiary/aromatic N) is 6. The molecule has 10 heteroatoms. The van der Waals surface area contributed by atoms with Gasteiger partial charge in [-0.25, -0.2) is 18.7 Å². The molecule has 204 valence electrons. The van der Waals surface area contributed by atoms with Crippen molar-refractivity contribution in [3.05, 3.63) is 74.3 Å². The summed E-state index contributed by atoms with van der Waals surface area (Å²) >= 11 is 0. The maximum Gasteiger partial charge on any atom is 0.286 e. The van der Waals surface area contributed by atoms with E-state index in [2.05, 4.69) is 41.3 Å². The van der Waals surface area contributed by atoms with E-state index < -0.39 is 11.4 Å². The average Bonchev–Trinajstić information content (AvgIpc) is 3.70. The molecule has 1 saturated carbocycles. The van der Waals surface area contributed by atoms with Gasteiger partial charge in [-0.05, 0) is 95.8 Å². The zero-order valence-electron chi connectivity index (χ0n) is 22.8. The van der Waals surface area contributed by atoms with Gasteiger partial charge in [0.2, 0.25) is 5.95 Å². The lowest BCUT2D eigenvalue weighted by molar-refractivity contribution is 0.255. The number of nitrogens with one attached hydrogen (secondary N) is 1. The highest BCUT2D eigenvalue weighted by atomic mass is 19.1. The number of rotatable bonds is 6. The molecule has 0 atom stereocenters. The quantitative estimate of drug-likeness (QED) is 0.389. The first kappa shape index (κ1) is 25.5. The third kappa shape index (κ3) is 4.67. The van der Waals surface area contributed by atoms with Crippen LogP contribution in [0, 0.1) is 12.7 Å². The van der Waals surface area contributed by atoms with E-state index in [0.717, 1.165) is 44.5 Å². The molecule has 3 aromatic heterocycles. The highest BCUT2D eigenvalue weighted by Crippen LogP contribution is 2.36. The second-order valence-electron chi connectivity index (χ2n) is 11.2. The Bertz CT molecular complexity index is 1670. The zero-order chi connectivity index (χ0) is 27.4. The molecule has 0 amide bonds. The number of halogens is 1. The smallest absolute Gasteiger partial charge is 0.286 e. The molecule has 39 heavy (non-hydrogen) atoms. The summed E-state index contributed by atoms with van der Waals surface area (Å²) in [7, 11) is 2.17. The lowest BCUT2D eigenvalue weighted by Gasteiger charge is -2.30. The van der Waals surface area contributed by atoms with Crippen molar-refractivity contribution in [2.75, 3.05) is 25.5 Å². The van der Waals surface area contributed by atoms with E-state index in [4.69, 9.17) is 4.98 Å². The minimum Gasteiger partial charge on any atom is -0.324 e. The van der Waals surface area contributed by atoms with Crippen molar-refractivity contribution < 1.29 is 4.39 Å². The molecular weight excluding hydrogens is 497 g/mol. The van der Waals surface area contributed by atoms with E-state index in [0.29, 0.717) is 28.6 Å². The predicted molar refractivity (Wildman–Crippen MR) is 150 cm³/mol. The average molecular weight is 532 g/mol. The fourth-order valence-electron chi connectivity index (χ4n) is 5.67. The highest BCUT2D eigenvalue weighted by Gasteiger charge is 2.31. The van der Waals surface area contributed by atoms with Gasteiger partial charge >= 0.3 is 0 Å². The van der Waals surface area contributed by atoms with Crippen LogP contribution in [0.1, 0.15) is 68.7 Å². The van der Waals surface area contributed by atoms with Crippen molar-refractivity contribution in [3.63, 3.8) is 0 Å². The molecule has 2 fully saturated rings. The molecule has 0 bridgehead atoms. The van der Waals surface area contributed by atoms with E-state index >= 15 is 0 Å². The number of aryl methyl sites for hydroxylation is 1. The maximum absolute atomic E-state index is 14.8. The van der Waals surface area contributed by atoms with Crippen LogP contribution in [0.25, 0.3) is 16.7 Å². The fraction of sp³-hybridized carbons (Fsp3) is 0.448. The van der Waals surface area contributed by atoms with Gasteiger partial charge in [0, 0.05) is 30.2 Å². The summed E-state index contributed by atoms with van der Waals surface area (Å²) in [5.74, 6) is 0.0349. The van der Waals surface area contributed by atoms with Crippen LogP contribution < -0.4 is 16.4 Å². The van der Waals surface area contributed by atoms with Gasteiger partial charge in [-0.15, -0.1) is 0 Å². The number of hydrogen-bond donors (Lipinski definition) is 1. The van der Waals surface area contributed by atoms with Crippen molar-refractivity contribution in [3.8, 4) is 5.69 Å². The minimum absolute atomic E-state index is 0.000340. The van der Waals surface area contributed by atoms with Crippen LogP contribution in [0.2, 0.25) is 0 Å². The van der Waals surface area contributed by atoms with E-state index in [1.165, 1.54) is 28.0 Å². The van der Waals surface area contributed by atoms with Crippen LogP contribution >= 0.6 is 0 Å². The summed E-state index contributed by atoms with van der Waals surface area (Å²) in [5.41, 5.74) is 3.29. The first-order valence-corrected chi connectivity index (χ1v) is 13.7. The minimum atomic E-state index is -0.870. The summed E-state index contributed by atoms with van der Waals surface area (Å²) in [6.45, 7) is 7.99. The second-order valence-corrected chi connectivity index (χ2v) is 11.2. The highest BCUT2D eigenvalue weighted by molar-refractivity contribution is 5.77. The molecular formula is C29H34FN7O2. The van der Waals surface area contributed by atoms with Crippen LogP contribution in [-0.4, -0.2) is 48.9 Å².